The van der Waals surface area contributed by atoms with Gasteiger partial charge < -0.3 is 15.1 Å². The first-order valence-corrected chi connectivity index (χ1v) is 10.2. The van der Waals surface area contributed by atoms with Crippen molar-refractivity contribution in [3.63, 3.8) is 0 Å². The molecule has 2 amide bonds. The molecule has 5 nitrogen and oxygen atoms in total. The quantitative estimate of drug-likeness (QED) is 0.750. The maximum absolute atomic E-state index is 12.9. The molecule has 2 aromatic rings. The van der Waals surface area contributed by atoms with Crippen molar-refractivity contribution < 1.29 is 9.59 Å². The van der Waals surface area contributed by atoms with Crippen LogP contribution in [0.5, 0.6) is 0 Å². The lowest BCUT2D eigenvalue weighted by molar-refractivity contribution is -0.129. The molecule has 0 aliphatic carbocycles. The summed E-state index contributed by atoms with van der Waals surface area (Å²) in [6.45, 7) is 3.85. The Morgan fingerprint density at radius 1 is 1.10 bits per heavy atom. The zero-order valence-electron chi connectivity index (χ0n) is 17.6. The van der Waals surface area contributed by atoms with E-state index in [1.54, 1.807) is 4.90 Å². The third-order valence-electron chi connectivity index (χ3n) is 5.34. The molecular weight excluding hydrogens is 362 g/mol. The van der Waals surface area contributed by atoms with Gasteiger partial charge in [0, 0.05) is 32.1 Å². The summed E-state index contributed by atoms with van der Waals surface area (Å²) in [4.78, 5) is 29.2. The first kappa shape index (κ1) is 21.1. The predicted octanol–water partition coefficient (Wildman–Crippen LogP) is 2.63. The minimum atomic E-state index is -0.284. The van der Waals surface area contributed by atoms with Crippen molar-refractivity contribution in [2.75, 3.05) is 27.2 Å². The highest BCUT2D eigenvalue weighted by atomic mass is 16.2. The molecule has 154 valence electrons. The van der Waals surface area contributed by atoms with Crippen molar-refractivity contribution in [3.8, 4) is 0 Å². The number of likely N-dealkylation sites (tertiary alicyclic amines) is 1. The number of rotatable bonds is 8. The van der Waals surface area contributed by atoms with E-state index in [4.69, 9.17) is 0 Å². The van der Waals surface area contributed by atoms with Gasteiger partial charge >= 0.3 is 0 Å². The lowest BCUT2D eigenvalue weighted by atomic mass is 10.0. The Kier molecular flexibility index (Phi) is 7.04. The van der Waals surface area contributed by atoms with Crippen molar-refractivity contribution in [1.82, 2.24) is 15.1 Å². The number of benzene rings is 2. The third-order valence-corrected chi connectivity index (χ3v) is 5.34. The summed E-state index contributed by atoms with van der Waals surface area (Å²) in [6, 6.07) is 18.4. The van der Waals surface area contributed by atoms with Crippen LogP contribution >= 0.6 is 0 Å². The first-order valence-electron chi connectivity index (χ1n) is 10.2. The van der Waals surface area contributed by atoms with E-state index in [0.717, 1.165) is 18.5 Å². The SMILES string of the molecule is Cc1ccc(CN2CC(C(=O)NC(Cc3ccccc3)CN(C)C)CC2=O)cc1. The number of carbonyl (C=O) groups excluding carboxylic acids is 2. The van der Waals surface area contributed by atoms with E-state index in [1.807, 2.05) is 51.4 Å². The number of amides is 2. The Morgan fingerprint density at radius 2 is 1.79 bits per heavy atom. The Morgan fingerprint density at radius 3 is 2.45 bits per heavy atom. The summed E-state index contributed by atoms with van der Waals surface area (Å²) >= 11 is 0. The fourth-order valence-electron chi connectivity index (χ4n) is 3.83. The zero-order chi connectivity index (χ0) is 20.8. The second-order valence-electron chi connectivity index (χ2n) is 8.32. The number of nitrogens with zero attached hydrogens (tertiary/aromatic N) is 2. The summed E-state index contributed by atoms with van der Waals surface area (Å²) in [6.07, 6.45) is 1.07. The van der Waals surface area contributed by atoms with Gasteiger partial charge in [-0.2, -0.15) is 0 Å². The van der Waals surface area contributed by atoms with Gasteiger partial charge in [0.05, 0.1) is 5.92 Å². The molecule has 1 heterocycles. The zero-order valence-corrected chi connectivity index (χ0v) is 17.6. The number of nitrogens with one attached hydrogen (secondary N) is 1. The average molecular weight is 394 g/mol. The molecule has 0 saturated carbocycles. The third kappa shape index (κ3) is 6.16. The molecule has 5 heteroatoms. The van der Waals surface area contributed by atoms with Crippen molar-refractivity contribution in [1.29, 1.82) is 0 Å². The largest absolute Gasteiger partial charge is 0.351 e. The van der Waals surface area contributed by atoms with Crippen molar-refractivity contribution in [2.24, 2.45) is 5.92 Å². The van der Waals surface area contributed by atoms with Gasteiger partial charge in [0.1, 0.15) is 0 Å². The summed E-state index contributed by atoms with van der Waals surface area (Å²) in [7, 11) is 4.01. The molecule has 2 aromatic carbocycles. The monoisotopic (exact) mass is 393 g/mol. The maximum Gasteiger partial charge on any atom is 0.225 e. The summed E-state index contributed by atoms with van der Waals surface area (Å²) in [5, 5.41) is 3.19. The minimum Gasteiger partial charge on any atom is -0.351 e. The molecule has 1 aliphatic rings. The van der Waals surface area contributed by atoms with Gasteiger partial charge in [0.2, 0.25) is 11.8 Å². The summed E-state index contributed by atoms with van der Waals surface area (Å²) in [5.41, 5.74) is 3.49. The molecule has 2 unspecified atom stereocenters. The molecule has 1 N–H and O–H groups in total. The van der Waals surface area contributed by atoms with Gasteiger partial charge in [-0.3, -0.25) is 9.59 Å². The van der Waals surface area contributed by atoms with Crippen LogP contribution in [0.4, 0.5) is 0 Å². The fourth-order valence-corrected chi connectivity index (χ4v) is 3.83. The van der Waals surface area contributed by atoms with Crippen LogP contribution in [0.3, 0.4) is 0 Å². The molecule has 2 atom stereocenters. The number of hydrogen-bond acceptors (Lipinski definition) is 3. The highest BCUT2D eigenvalue weighted by molar-refractivity contribution is 5.89. The number of hydrogen-bond donors (Lipinski definition) is 1. The van der Waals surface area contributed by atoms with E-state index in [0.29, 0.717) is 13.1 Å². The van der Waals surface area contributed by atoms with Crippen LogP contribution in [0.25, 0.3) is 0 Å². The summed E-state index contributed by atoms with van der Waals surface area (Å²) in [5.74, 6) is -0.251. The molecule has 29 heavy (non-hydrogen) atoms. The first-order chi connectivity index (χ1) is 13.9. The number of likely N-dealkylation sites (N-methyl/N-ethyl adjacent to an activating group) is 1. The van der Waals surface area contributed by atoms with Crippen LogP contribution in [0.1, 0.15) is 23.1 Å². The molecular formula is C24H31N3O2. The topological polar surface area (TPSA) is 52.7 Å². The van der Waals surface area contributed by atoms with Crippen LogP contribution in [-0.2, 0) is 22.6 Å². The Hall–Kier alpha value is -2.66. The van der Waals surface area contributed by atoms with Crippen molar-refractivity contribution >= 4 is 11.8 Å². The van der Waals surface area contributed by atoms with Gasteiger partial charge in [0.25, 0.3) is 0 Å². The Bertz CT molecular complexity index is 818. The van der Waals surface area contributed by atoms with Crippen LogP contribution < -0.4 is 5.32 Å². The highest BCUT2D eigenvalue weighted by Gasteiger charge is 2.35. The number of aryl methyl sites for hydroxylation is 1. The summed E-state index contributed by atoms with van der Waals surface area (Å²) < 4.78 is 0. The van der Waals surface area contributed by atoms with E-state index < -0.39 is 0 Å². The van der Waals surface area contributed by atoms with E-state index in [2.05, 4.69) is 34.5 Å². The Labute approximate surface area is 173 Å². The molecule has 0 bridgehead atoms. The van der Waals surface area contributed by atoms with Crippen LogP contribution in [-0.4, -0.2) is 54.8 Å². The molecule has 0 radical (unpaired) electrons. The molecule has 0 spiro atoms. The van der Waals surface area contributed by atoms with Gasteiger partial charge in [-0.25, -0.2) is 0 Å². The fraction of sp³-hybridized carbons (Fsp3) is 0.417. The van der Waals surface area contributed by atoms with Gasteiger partial charge in [0.15, 0.2) is 0 Å². The van der Waals surface area contributed by atoms with Crippen LogP contribution in [0.2, 0.25) is 0 Å². The van der Waals surface area contributed by atoms with Gasteiger partial charge in [-0.15, -0.1) is 0 Å². The minimum absolute atomic E-state index is 0.0150. The predicted molar refractivity (Wildman–Crippen MR) is 115 cm³/mol. The van der Waals surface area contributed by atoms with E-state index in [1.165, 1.54) is 11.1 Å². The lowest BCUT2D eigenvalue weighted by Crippen LogP contribution is -2.46. The average Bonchev–Trinajstić information content (AvgIpc) is 3.04. The Balaban J connectivity index is 1.59. The standard InChI is InChI=1S/C24H31N3O2/c1-18-9-11-20(12-10-18)15-27-16-21(14-23(27)28)24(29)25-22(17-26(2)3)13-19-7-5-4-6-8-19/h4-12,21-22H,13-17H2,1-3H3,(H,25,29). The smallest absolute Gasteiger partial charge is 0.225 e. The molecule has 1 saturated heterocycles. The molecule has 1 fully saturated rings. The second kappa shape index (κ2) is 9.70. The lowest BCUT2D eigenvalue weighted by Gasteiger charge is -2.24. The molecule has 3 rings (SSSR count). The highest BCUT2D eigenvalue weighted by Crippen LogP contribution is 2.21. The van der Waals surface area contributed by atoms with E-state index in [9.17, 15) is 9.59 Å². The van der Waals surface area contributed by atoms with E-state index >= 15 is 0 Å². The normalized spacial score (nSPS) is 17.6. The van der Waals surface area contributed by atoms with Gasteiger partial charge in [-0.05, 0) is 38.6 Å². The van der Waals surface area contributed by atoms with Crippen molar-refractivity contribution in [2.45, 2.75) is 32.4 Å². The van der Waals surface area contributed by atoms with Crippen LogP contribution in [0, 0.1) is 12.8 Å². The van der Waals surface area contributed by atoms with Gasteiger partial charge in [-0.1, -0.05) is 60.2 Å². The molecule has 1 aliphatic heterocycles. The molecule has 0 aromatic heterocycles. The van der Waals surface area contributed by atoms with Crippen molar-refractivity contribution in [3.05, 3.63) is 71.3 Å². The second-order valence-corrected chi connectivity index (χ2v) is 8.32. The maximum atomic E-state index is 12.9. The van der Waals surface area contributed by atoms with E-state index in [-0.39, 0.29) is 30.2 Å². The van der Waals surface area contributed by atoms with Crippen LogP contribution in [0.15, 0.2) is 54.6 Å². The number of carbonyl (C=O) groups is 2.